The number of ether oxygens (including phenoxy) is 1. The van der Waals surface area contributed by atoms with E-state index in [-0.39, 0.29) is 5.91 Å². The SMILES string of the molecule is COC(=O)c1c(-c2ccc(Br)cc2)csc1NC(=O)c1ccc(C(C)C)cc1. The zero-order valence-electron chi connectivity index (χ0n) is 15.8. The molecule has 3 aromatic rings. The van der Waals surface area contributed by atoms with Gasteiger partial charge in [0.25, 0.3) is 5.91 Å². The van der Waals surface area contributed by atoms with E-state index in [1.807, 2.05) is 41.8 Å². The van der Waals surface area contributed by atoms with Crippen molar-refractivity contribution in [2.45, 2.75) is 19.8 Å². The number of nitrogens with one attached hydrogen (secondary N) is 1. The van der Waals surface area contributed by atoms with Crippen LogP contribution < -0.4 is 5.32 Å². The molecule has 28 heavy (non-hydrogen) atoms. The summed E-state index contributed by atoms with van der Waals surface area (Å²) in [6, 6.07) is 15.1. The van der Waals surface area contributed by atoms with Crippen LogP contribution in [-0.4, -0.2) is 19.0 Å². The van der Waals surface area contributed by atoms with E-state index in [4.69, 9.17) is 4.74 Å². The normalized spacial score (nSPS) is 10.8. The summed E-state index contributed by atoms with van der Waals surface area (Å²) in [7, 11) is 1.33. The highest BCUT2D eigenvalue weighted by atomic mass is 79.9. The van der Waals surface area contributed by atoms with Gasteiger partial charge in [-0.3, -0.25) is 4.79 Å². The molecular weight excluding hydrogens is 438 g/mol. The Morgan fingerprint density at radius 2 is 1.68 bits per heavy atom. The summed E-state index contributed by atoms with van der Waals surface area (Å²) in [5.74, 6) is -0.344. The van der Waals surface area contributed by atoms with Crippen LogP contribution in [0.25, 0.3) is 11.1 Å². The van der Waals surface area contributed by atoms with Crippen molar-refractivity contribution in [3.63, 3.8) is 0 Å². The minimum Gasteiger partial charge on any atom is -0.465 e. The van der Waals surface area contributed by atoms with E-state index in [0.717, 1.165) is 15.6 Å². The quantitative estimate of drug-likeness (QED) is 0.454. The van der Waals surface area contributed by atoms with Crippen LogP contribution >= 0.6 is 27.3 Å². The van der Waals surface area contributed by atoms with Crippen molar-refractivity contribution in [1.82, 2.24) is 0 Å². The number of thiophene rings is 1. The van der Waals surface area contributed by atoms with Gasteiger partial charge in [-0.25, -0.2) is 4.79 Å². The van der Waals surface area contributed by atoms with Crippen LogP contribution in [0.1, 0.15) is 46.0 Å². The van der Waals surface area contributed by atoms with Crippen molar-refractivity contribution in [3.05, 3.63) is 75.1 Å². The molecule has 0 aliphatic rings. The molecule has 0 bridgehead atoms. The summed E-state index contributed by atoms with van der Waals surface area (Å²) >= 11 is 4.72. The monoisotopic (exact) mass is 457 g/mol. The highest BCUT2D eigenvalue weighted by Crippen LogP contribution is 2.36. The zero-order chi connectivity index (χ0) is 20.3. The van der Waals surface area contributed by atoms with Crippen molar-refractivity contribution in [3.8, 4) is 11.1 Å². The van der Waals surface area contributed by atoms with Gasteiger partial charge in [0.2, 0.25) is 0 Å². The van der Waals surface area contributed by atoms with Gasteiger partial charge in [0.15, 0.2) is 0 Å². The van der Waals surface area contributed by atoms with E-state index < -0.39 is 5.97 Å². The maximum Gasteiger partial charge on any atom is 0.341 e. The number of carbonyl (C=O) groups excluding carboxylic acids is 2. The number of hydrogen-bond acceptors (Lipinski definition) is 4. The molecule has 1 N–H and O–H groups in total. The minimum absolute atomic E-state index is 0.260. The third-order valence-corrected chi connectivity index (χ3v) is 5.83. The number of anilines is 1. The van der Waals surface area contributed by atoms with Crippen LogP contribution in [0, 0.1) is 0 Å². The molecule has 0 spiro atoms. The Morgan fingerprint density at radius 1 is 1.04 bits per heavy atom. The van der Waals surface area contributed by atoms with Crippen molar-refractivity contribution in [1.29, 1.82) is 0 Å². The maximum atomic E-state index is 12.7. The van der Waals surface area contributed by atoms with Crippen LogP contribution in [0.15, 0.2) is 58.4 Å². The Morgan fingerprint density at radius 3 is 2.25 bits per heavy atom. The Labute approximate surface area is 176 Å². The molecule has 0 saturated heterocycles. The molecule has 1 aromatic heterocycles. The number of hydrogen-bond donors (Lipinski definition) is 1. The van der Waals surface area contributed by atoms with Crippen LogP contribution in [0.4, 0.5) is 5.00 Å². The van der Waals surface area contributed by atoms with Gasteiger partial charge in [-0.15, -0.1) is 11.3 Å². The standard InChI is InChI=1S/C22H20BrNO3S/c1-13(2)14-4-6-16(7-5-14)20(25)24-21-19(22(26)27-3)18(12-28-21)15-8-10-17(23)11-9-15/h4-13H,1-3H3,(H,24,25). The third kappa shape index (κ3) is 4.34. The second kappa shape index (κ2) is 8.71. The van der Waals surface area contributed by atoms with Gasteiger partial charge in [-0.05, 0) is 41.3 Å². The highest BCUT2D eigenvalue weighted by molar-refractivity contribution is 9.10. The lowest BCUT2D eigenvalue weighted by atomic mass is 10.0. The lowest BCUT2D eigenvalue weighted by Crippen LogP contribution is -2.14. The van der Waals surface area contributed by atoms with Crippen LogP contribution in [0.5, 0.6) is 0 Å². The van der Waals surface area contributed by atoms with Gasteiger partial charge in [-0.1, -0.05) is 54.0 Å². The van der Waals surface area contributed by atoms with Gasteiger partial charge in [0, 0.05) is 21.0 Å². The third-order valence-electron chi connectivity index (χ3n) is 4.40. The molecule has 1 heterocycles. The fourth-order valence-electron chi connectivity index (χ4n) is 2.79. The number of methoxy groups -OCH3 is 1. The Kier molecular flexibility index (Phi) is 6.31. The summed E-state index contributed by atoms with van der Waals surface area (Å²) in [5.41, 5.74) is 3.68. The molecule has 0 radical (unpaired) electrons. The number of rotatable bonds is 5. The average molecular weight is 458 g/mol. The second-order valence-corrected chi connectivity index (χ2v) is 8.38. The topological polar surface area (TPSA) is 55.4 Å². The van der Waals surface area contributed by atoms with Crippen LogP contribution in [0.2, 0.25) is 0 Å². The van der Waals surface area contributed by atoms with Gasteiger partial charge < -0.3 is 10.1 Å². The second-order valence-electron chi connectivity index (χ2n) is 6.58. The van der Waals surface area contributed by atoms with Gasteiger partial charge in [0.05, 0.1) is 7.11 Å². The molecule has 0 atom stereocenters. The van der Waals surface area contributed by atoms with Crippen molar-refractivity contribution >= 4 is 44.1 Å². The maximum absolute atomic E-state index is 12.7. The van der Waals surface area contributed by atoms with Crippen LogP contribution in [-0.2, 0) is 4.74 Å². The van der Waals surface area contributed by atoms with Gasteiger partial charge >= 0.3 is 5.97 Å². The van der Waals surface area contributed by atoms with E-state index >= 15 is 0 Å². The Balaban J connectivity index is 1.92. The predicted molar refractivity (Wildman–Crippen MR) is 117 cm³/mol. The van der Waals surface area contributed by atoms with Crippen LogP contribution in [0.3, 0.4) is 0 Å². The first-order chi connectivity index (χ1) is 13.4. The molecule has 0 unspecified atom stereocenters. The first kappa shape index (κ1) is 20.3. The van der Waals surface area contributed by atoms with Gasteiger partial charge in [0.1, 0.15) is 10.6 Å². The van der Waals surface area contributed by atoms with E-state index in [9.17, 15) is 9.59 Å². The number of amides is 1. The zero-order valence-corrected chi connectivity index (χ0v) is 18.2. The molecule has 3 rings (SSSR count). The predicted octanol–water partition coefficient (Wildman–Crippen LogP) is 6.34. The van der Waals surface area contributed by atoms with E-state index in [0.29, 0.717) is 22.0 Å². The number of halogens is 1. The minimum atomic E-state index is -0.482. The molecule has 1 amide bonds. The molecule has 0 fully saturated rings. The largest absolute Gasteiger partial charge is 0.465 e. The summed E-state index contributed by atoms with van der Waals surface area (Å²) in [5, 5.41) is 5.19. The summed E-state index contributed by atoms with van der Waals surface area (Å²) < 4.78 is 5.91. The molecule has 6 heteroatoms. The smallest absolute Gasteiger partial charge is 0.341 e. The molecule has 4 nitrogen and oxygen atoms in total. The average Bonchev–Trinajstić information content (AvgIpc) is 3.11. The number of benzene rings is 2. The van der Waals surface area contributed by atoms with E-state index in [2.05, 4.69) is 35.1 Å². The Bertz CT molecular complexity index is 992. The van der Waals surface area contributed by atoms with Crippen molar-refractivity contribution < 1.29 is 14.3 Å². The van der Waals surface area contributed by atoms with Crippen molar-refractivity contribution in [2.24, 2.45) is 0 Å². The van der Waals surface area contributed by atoms with E-state index in [1.54, 1.807) is 12.1 Å². The first-order valence-electron chi connectivity index (χ1n) is 8.77. The lowest BCUT2D eigenvalue weighted by molar-refractivity contribution is 0.0603. The van der Waals surface area contributed by atoms with Crippen molar-refractivity contribution in [2.75, 3.05) is 12.4 Å². The fraction of sp³-hybridized carbons (Fsp3) is 0.182. The molecule has 0 aliphatic heterocycles. The number of carbonyl (C=O) groups is 2. The summed E-state index contributed by atoms with van der Waals surface area (Å²) in [6.45, 7) is 4.21. The summed E-state index contributed by atoms with van der Waals surface area (Å²) in [6.07, 6.45) is 0. The molecule has 0 aliphatic carbocycles. The molecular formula is C22H20BrNO3S. The van der Waals surface area contributed by atoms with Gasteiger partial charge in [-0.2, -0.15) is 0 Å². The first-order valence-corrected chi connectivity index (χ1v) is 10.4. The fourth-order valence-corrected chi connectivity index (χ4v) is 4.01. The highest BCUT2D eigenvalue weighted by Gasteiger charge is 2.22. The molecule has 0 saturated carbocycles. The lowest BCUT2D eigenvalue weighted by Gasteiger charge is -2.09. The summed E-state index contributed by atoms with van der Waals surface area (Å²) in [4.78, 5) is 25.1. The van der Waals surface area contributed by atoms with E-state index in [1.165, 1.54) is 24.0 Å². The molecule has 2 aromatic carbocycles. The molecule has 144 valence electrons. The number of esters is 1. The Hall–Kier alpha value is -2.44.